The van der Waals surface area contributed by atoms with Gasteiger partial charge in [0.2, 0.25) is 0 Å². The Balaban J connectivity index is -0.000000107. The molecule has 0 saturated heterocycles. The minimum absolute atomic E-state index is 0. The zero-order valence-electron chi connectivity index (χ0n) is 5.75. The Labute approximate surface area is 76.3 Å². The predicted octanol–water partition coefficient (Wildman–Crippen LogP) is -2.43. The molecule has 11 heavy (non-hydrogen) atoms. The summed E-state index contributed by atoms with van der Waals surface area (Å²) in [5, 5.41) is 18.1. The van der Waals surface area contributed by atoms with Gasteiger partial charge in [0.25, 0.3) is 0 Å². The number of carboxylic acids is 2. The van der Waals surface area contributed by atoms with E-state index in [4.69, 9.17) is 31.3 Å². The van der Waals surface area contributed by atoms with Crippen LogP contribution < -0.4 is 10.2 Å². The van der Waals surface area contributed by atoms with Crippen molar-refractivity contribution in [2.24, 2.45) is 0 Å². The number of aliphatic carboxylic acids is 2. The summed E-state index contributed by atoms with van der Waals surface area (Å²) in [7, 11) is 0. The number of carbonyl (C=O) groups is 2. The van der Waals surface area contributed by atoms with Crippen LogP contribution >= 0.6 is 0 Å². The second-order valence-corrected chi connectivity index (χ2v) is 1.10. The van der Waals surface area contributed by atoms with Crippen LogP contribution in [0.5, 0.6) is 0 Å². The van der Waals surface area contributed by atoms with Crippen LogP contribution in [0.2, 0.25) is 0 Å². The summed E-state index contributed by atoms with van der Waals surface area (Å²) in [6.07, 6.45) is 0. The van der Waals surface area contributed by atoms with E-state index in [1.54, 1.807) is 0 Å². The fourth-order valence-corrected chi connectivity index (χ4v) is 0. The first-order valence-electron chi connectivity index (χ1n) is 2.23. The summed E-state index contributed by atoms with van der Waals surface area (Å²) in [6, 6.07) is 0. The van der Waals surface area contributed by atoms with Crippen molar-refractivity contribution in [1.29, 1.82) is 0 Å². The summed E-state index contributed by atoms with van der Waals surface area (Å²) < 4.78 is 0. The number of carboxylic acid groups (broad SMARTS) is 2. The average Bonchev–Trinajstić information content (AvgIpc) is 1.89. The summed E-state index contributed by atoms with van der Waals surface area (Å²) in [5.41, 5.74) is 12.0. The molecule has 7 heteroatoms. The molecule has 60 valence electrons. The van der Waals surface area contributed by atoms with E-state index in [0.717, 1.165) is 0 Å². The van der Waals surface area contributed by atoms with Crippen LogP contribution in [-0.4, -0.2) is 25.0 Å². The standard InChI is InChI=1S/2C2H4NO2.Zn/c2*3-1-2(4)5;/h2*3H,1H2,(H,4,5);/q2*-1;+2/p-2. The van der Waals surface area contributed by atoms with Crippen molar-refractivity contribution in [2.75, 3.05) is 13.1 Å². The van der Waals surface area contributed by atoms with Gasteiger partial charge in [-0.3, -0.25) is 0 Å². The van der Waals surface area contributed by atoms with Gasteiger partial charge in [-0.1, -0.05) is 0 Å². The van der Waals surface area contributed by atoms with Crippen molar-refractivity contribution >= 4 is 11.9 Å². The number of nitrogens with one attached hydrogen (secondary N) is 2. The van der Waals surface area contributed by atoms with Gasteiger partial charge in [0.15, 0.2) is 0 Å². The summed E-state index contributed by atoms with van der Waals surface area (Å²) >= 11 is 0. The molecule has 0 fully saturated rings. The van der Waals surface area contributed by atoms with Gasteiger partial charge in [-0.2, -0.15) is 0 Å². The van der Waals surface area contributed by atoms with E-state index in [9.17, 15) is 0 Å². The molecule has 0 aliphatic rings. The summed E-state index contributed by atoms with van der Waals surface area (Å²) in [5.74, 6) is -2.66. The molecular weight excluding hydrogens is 205 g/mol. The van der Waals surface area contributed by atoms with Crippen LogP contribution in [0.3, 0.4) is 0 Å². The maximum absolute atomic E-state index is 9.07. The molecule has 0 aromatic heterocycles. The smallest absolute Gasteiger partial charge is 0.673 e. The Hall–Kier alpha value is -0.517. The van der Waals surface area contributed by atoms with Crippen LogP contribution in [0.25, 0.3) is 11.5 Å². The fraction of sp³-hybridized carbons (Fsp3) is 0.500. The van der Waals surface area contributed by atoms with Gasteiger partial charge >= 0.3 is 19.5 Å². The molecule has 0 aromatic rings. The van der Waals surface area contributed by atoms with Gasteiger partial charge in [0.1, 0.15) is 0 Å². The SMILES string of the molecule is [NH-]CC(=O)[O-].[NH-]CC(=O)[O-].[Zn+2]. The van der Waals surface area contributed by atoms with Crippen molar-refractivity contribution in [2.45, 2.75) is 0 Å². The Morgan fingerprint density at radius 3 is 1.09 bits per heavy atom. The zero-order chi connectivity index (χ0) is 8.57. The van der Waals surface area contributed by atoms with Gasteiger partial charge in [-0.25, -0.2) is 0 Å². The minimum Gasteiger partial charge on any atom is -0.673 e. The number of carbonyl (C=O) groups excluding carboxylic acids is 2. The maximum atomic E-state index is 9.07. The molecule has 0 atom stereocenters. The van der Waals surface area contributed by atoms with E-state index in [2.05, 4.69) is 0 Å². The van der Waals surface area contributed by atoms with E-state index >= 15 is 0 Å². The first kappa shape index (κ1) is 16.8. The van der Waals surface area contributed by atoms with Crippen molar-refractivity contribution in [1.82, 2.24) is 0 Å². The summed E-state index contributed by atoms with van der Waals surface area (Å²) in [4.78, 5) is 18.1. The third-order valence-corrected chi connectivity index (χ3v) is 0.289. The maximum Gasteiger partial charge on any atom is 2.00 e. The number of rotatable bonds is 2. The first-order chi connectivity index (χ1) is 4.54. The normalized spacial score (nSPS) is 6.73. The Bertz CT molecular complexity index is 105. The van der Waals surface area contributed by atoms with Crippen LogP contribution in [0, 0.1) is 0 Å². The van der Waals surface area contributed by atoms with Crippen molar-refractivity contribution < 1.29 is 39.3 Å². The summed E-state index contributed by atoms with van der Waals surface area (Å²) in [6.45, 7) is -1.28. The van der Waals surface area contributed by atoms with Crippen molar-refractivity contribution in [3.63, 3.8) is 0 Å². The quantitative estimate of drug-likeness (QED) is 0.470. The Kier molecular flexibility index (Phi) is 18.7. The monoisotopic (exact) mass is 210 g/mol. The van der Waals surface area contributed by atoms with Gasteiger partial charge in [0.05, 0.1) is 0 Å². The van der Waals surface area contributed by atoms with Crippen LogP contribution in [0.4, 0.5) is 0 Å². The van der Waals surface area contributed by atoms with E-state index < -0.39 is 25.0 Å². The Morgan fingerprint density at radius 1 is 1.00 bits per heavy atom. The molecule has 0 radical (unpaired) electrons. The first-order valence-corrected chi connectivity index (χ1v) is 2.23. The van der Waals surface area contributed by atoms with E-state index in [1.165, 1.54) is 0 Å². The number of hydrogen-bond donors (Lipinski definition) is 0. The topological polar surface area (TPSA) is 128 Å². The van der Waals surface area contributed by atoms with Gasteiger partial charge in [0, 0.05) is 11.9 Å². The molecule has 0 amide bonds. The van der Waals surface area contributed by atoms with Crippen molar-refractivity contribution in [3.05, 3.63) is 11.5 Å². The van der Waals surface area contributed by atoms with Crippen molar-refractivity contribution in [3.8, 4) is 0 Å². The van der Waals surface area contributed by atoms with Crippen LogP contribution in [0.1, 0.15) is 0 Å². The molecule has 2 N–H and O–H groups in total. The Morgan fingerprint density at radius 2 is 1.09 bits per heavy atom. The van der Waals surface area contributed by atoms with Gasteiger partial charge < -0.3 is 31.3 Å². The third-order valence-electron chi connectivity index (χ3n) is 0.289. The molecule has 0 aliphatic heterocycles. The second kappa shape index (κ2) is 12.2. The van der Waals surface area contributed by atoms with Gasteiger partial charge in [-0.05, 0) is 0 Å². The molecule has 6 nitrogen and oxygen atoms in total. The molecule has 0 bridgehead atoms. The zero-order valence-corrected chi connectivity index (χ0v) is 8.72. The molecule has 0 aromatic carbocycles. The minimum atomic E-state index is -1.33. The molecule has 0 spiro atoms. The van der Waals surface area contributed by atoms with Crippen LogP contribution in [-0.2, 0) is 29.1 Å². The van der Waals surface area contributed by atoms with E-state index in [0.29, 0.717) is 0 Å². The molecular formula is C4H6N2O4Zn-2. The third kappa shape index (κ3) is 43.8. The van der Waals surface area contributed by atoms with E-state index in [1.807, 2.05) is 0 Å². The molecule has 0 aliphatic carbocycles. The van der Waals surface area contributed by atoms with E-state index in [-0.39, 0.29) is 19.5 Å². The second-order valence-electron chi connectivity index (χ2n) is 1.10. The molecule has 0 heterocycles. The van der Waals surface area contributed by atoms with Gasteiger partial charge in [-0.15, -0.1) is 13.1 Å². The number of hydrogen-bond acceptors (Lipinski definition) is 4. The fourth-order valence-electron chi connectivity index (χ4n) is 0. The largest absolute Gasteiger partial charge is 2.00 e. The molecule has 0 rings (SSSR count). The molecule has 0 saturated carbocycles. The average molecular weight is 211 g/mol. The molecule has 0 unspecified atom stereocenters. The predicted molar refractivity (Wildman–Crippen MR) is 28.4 cm³/mol. The van der Waals surface area contributed by atoms with Crippen LogP contribution in [0.15, 0.2) is 0 Å².